The number of benzene rings is 1. The van der Waals surface area contributed by atoms with Crippen LogP contribution in [-0.2, 0) is 4.79 Å². The summed E-state index contributed by atoms with van der Waals surface area (Å²) >= 11 is 0. The molecular weight excluding hydrogens is 271 g/mol. The third kappa shape index (κ3) is 4.70. The Hall–Kier alpha value is -1.62. The summed E-state index contributed by atoms with van der Waals surface area (Å²) in [6.45, 7) is 1.62. The van der Waals surface area contributed by atoms with Crippen molar-refractivity contribution in [2.24, 2.45) is 5.73 Å². The molecule has 1 aliphatic rings. The van der Waals surface area contributed by atoms with E-state index in [2.05, 4.69) is 5.32 Å². The van der Waals surface area contributed by atoms with Crippen molar-refractivity contribution in [1.82, 2.24) is 5.32 Å². The maximum Gasteiger partial charge on any atom is 0.258 e. The van der Waals surface area contributed by atoms with Crippen molar-refractivity contribution in [2.75, 3.05) is 6.61 Å². The first-order valence-corrected chi connectivity index (χ1v) is 7.53. The van der Waals surface area contributed by atoms with Crippen LogP contribution >= 0.6 is 0 Å². The van der Waals surface area contributed by atoms with Crippen LogP contribution in [0.3, 0.4) is 0 Å². The summed E-state index contributed by atoms with van der Waals surface area (Å²) < 4.78 is 19.1. The zero-order valence-corrected chi connectivity index (χ0v) is 12.4. The van der Waals surface area contributed by atoms with E-state index in [1.165, 1.54) is 18.6 Å². The van der Waals surface area contributed by atoms with E-state index in [0.29, 0.717) is 5.56 Å². The van der Waals surface area contributed by atoms with Gasteiger partial charge in [0.25, 0.3) is 5.91 Å². The van der Waals surface area contributed by atoms with E-state index >= 15 is 0 Å². The molecule has 0 saturated heterocycles. The van der Waals surface area contributed by atoms with Gasteiger partial charge in [-0.1, -0.05) is 25.3 Å². The van der Waals surface area contributed by atoms with E-state index < -0.39 is 5.82 Å². The monoisotopic (exact) mass is 294 g/mol. The minimum absolute atomic E-state index is 0.0817. The van der Waals surface area contributed by atoms with Gasteiger partial charge >= 0.3 is 0 Å². The molecule has 0 unspecified atom stereocenters. The second-order valence-electron chi connectivity index (χ2n) is 5.67. The molecule has 0 spiro atoms. The summed E-state index contributed by atoms with van der Waals surface area (Å²) in [6, 6.07) is 4.58. The summed E-state index contributed by atoms with van der Waals surface area (Å²) in [6.07, 6.45) is 5.57. The van der Waals surface area contributed by atoms with Gasteiger partial charge in [0.15, 0.2) is 18.2 Å². The first-order chi connectivity index (χ1) is 10.1. The highest BCUT2D eigenvalue weighted by atomic mass is 19.1. The molecule has 0 bridgehead atoms. The molecule has 1 fully saturated rings. The second kappa shape index (κ2) is 7.41. The Balaban J connectivity index is 1.83. The molecule has 1 aromatic carbocycles. The fourth-order valence-electron chi connectivity index (χ4n) is 2.58. The van der Waals surface area contributed by atoms with Crippen molar-refractivity contribution in [2.45, 2.75) is 51.1 Å². The Morgan fingerprint density at radius 2 is 2.14 bits per heavy atom. The average molecular weight is 294 g/mol. The molecule has 1 saturated carbocycles. The molecule has 0 aliphatic heterocycles. The SMILES string of the molecule is C[C@@H](N)c1ccc(OCC(=O)NC2CCCCC2)c(F)c1. The first kappa shape index (κ1) is 15.8. The van der Waals surface area contributed by atoms with Gasteiger partial charge in [0.05, 0.1) is 0 Å². The van der Waals surface area contributed by atoms with Crippen molar-refractivity contribution in [1.29, 1.82) is 0 Å². The molecule has 21 heavy (non-hydrogen) atoms. The molecule has 1 atom stereocenters. The molecule has 2 rings (SSSR count). The van der Waals surface area contributed by atoms with Crippen molar-refractivity contribution < 1.29 is 13.9 Å². The van der Waals surface area contributed by atoms with Crippen molar-refractivity contribution in [3.8, 4) is 5.75 Å². The van der Waals surface area contributed by atoms with E-state index in [1.54, 1.807) is 13.0 Å². The Kier molecular flexibility index (Phi) is 5.56. The third-order valence-electron chi connectivity index (χ3n) is 3.81. The molecule has 0 radical (unpaired) electrons. The number of hydrogen-bond acceptors (Lipinski definition) is 3. The number of nitrogens with two attached hydrogens (primary N) is 1. The van der Waals surface area contributed by atoms with Crippen LogP contribution in [0.15, 0.2) is 18.2 Å². The lowest BCUT2D eigenvalue weighted by Gasteiger charge is -2.22. The number of amides is 1. The molecule has 5 heteroatoms. The zero-order chi connectivity index (χ0) is 15.2. The summed E-state index contributed by atoms with van der Waals surface area (Å²) in [7, 11) is 0. The average Bonchev–Trinajstić information content (AvgIpc) is 2.47. The number of rotatable bonds is 5. The van der Waals surface area contributed by atoms with Gasteiger partial charge in [0, 0.05) is 12.1 Å². The van der Waals surface area contributed by atoms with E-state index in [0.717, 1.165) is 25.7 Å². The minimum Gasteiger partial charge on any atom is -0.481 e. The lowest BCUT2D eigenvalue weighted by Crippen LogP contribution is -2.39. The highest BCUT2D eigenvalue weighted by Crippen LogP contribution is 2.21. The number of carbonyl (C=O) groups excluding carboxylic acids is 1. The number of carbonyl (C=O) groups is 1. The van der Waals surface area contributed by atoms with Gasteiger partial charge in [-0.05, 0) is 37.5 Å². The zero-order valence-electron chi connectivity index (χ0n) is 12.4. The van der Waals surface area contributed by atoms with Gasteiger partial charge in [-0.25, -0.2) is 4.39 Å². The molecule has 1 amide bonds. The quantitative estimate of drug-likeness (QED) is 0.877. The van der Waals surface area contributed by atoms with Crippen LogP contribution in [-0.4, -0.2) is 18.6 Å². The number of nitrogens with one attached hydrogen (secondary N) is 1. The van der Waals surface area contributed by atoms with Crippen LogP contribution in [0, 0.1) is 5.82 Å². The maximum absolute atomic E-state index is 13.8. The summed E-state index contributed by atoms with van der Waals surface area (Å²) in [5.74, 6) is -0.606. The highest BCUT2D eigenvalue weighted by molar-refractivity contribution is 5.77. The van der Waals surface area contributed by atoms with Crippen LogP contribution in [0.2, 0.25) is 0 Å². The summed E-state index contributed by atoms with van der Waals surface area (Å²) in [5, 5.41) is 2.93. The fraction of sp³-hybridized carbons (Fsp3) is 0.562. The van der Waals surface area contributed by atoms with E-state index in [4.69, 9.17) is 10.5 Å². The second-order valence-corrected chi connectivity index (χ2v) is 5.67. The lowest BCUT2D eigenvalue weighted by molar-refractivity contribution is -0.124. The van der Waals surface area contributed by atoms with Crippen LogP contribution in [0.5, 0.6) is 5.75 Å². The van der Waals surface area contributed by atoms with Gasteiger partial charge in [-0.2, -0.15) is 0 Å². The lowest BCUT2D eigenvalue weighted by atomic mass is 9.95. The maximum atomic E-state index is 13.8. The summed E-state index contributed by atoms with van der Waals surface area (Å²) in [4.78, 5) is 11.8. The normalized spacial score (nSPS) is 17.3. The highest BCUT2D eigenvalue weighted by Gasteiger charge is 2.16. The number of hydrogen-bond donors (Lipinski definition) is 2. The molecule has 0 heterocycles. The van der Waals surface area contributed by atoms with E-state index in [1.807, 2.05) is 0 Å². The molecular formula is C16H23FN2O2. The van der Waals surface area contributed by atoms with Crippen LogP contribution in [0.25, 0.3) is 0 Å². The standard InChI is InChI=1S/C16H23FN2O2/c1-11(18)12-7-8-15(14(17)9-12)21-10-16(20)19-13-5-3-2-4-6-13/h7-9,11,13H,2-6,10,18H2,1H3,(H,19,20)/t11-/m1/s1. The van der Waals surface area contributed by atoms with Crippen molar-refractivity contribution in [3.63, 3.8) is 0 Å². The molecule has 1 aliphatic carbocycles. The predicted molar refractivity (Wildman–Crippen MR) is 79.5 cm³/mol. The number of ether oxygens (including phenoxy) is 1. The number of halogens is 1. The van der Waals surface area contributed by atoms with Gasteiger partial charge in [0.2, 0.25) is 0 Å². The molecule has 0 aromatic heterocycles. The minimum atomic E-state index is -0.490. The van der Waals surface area contributed by atoms with Crippen LogP contribution in [0.1, 0.15) is 50.6 Å². The van der Waals surface area contributed by atoms with E-state index in [-0.39, 0.29) is 30.3 Å². The van der Waals surface area contributed by atoms with Crippen molar-refractivity contribution in [3.05, 3.63) is 29.6 Å². The Labute approximate surface area is 124 Å². The fourth-order valence-corrected chi connectivity index (χ4v) is 2.58. The smallest absolute Gasteiger partial charge is 0.258 e. The third-order valence-corrected chi connectivity index (χ3v) is 3.81. The molecule has 116 valence electrons. The Bertz CT molecular complexity index is 485. The largest absolute Gasteiger partial charge is 0.481 e. The molecule has 1 aromatic rings. The van der Waals surface area contributed by atoms with Gasteiger partial charge in [-0.15, -0.1) is 0 Å². The Morgan fingerprint density at radius 3 is 2.76 bits per heavy atom. The van der Waals surface area contributed by atoms with Crippen LogP contribution in [0.4, 0.5) is 4.39 Å². The van der Waals surface area contributed by atoms with Crippen LogP contribution < -0.4 is 15.8 Å². The van der Waals surface area contributed by atoms with Gasteiger partial charge in [0.1, 0.15) is 0 Å². The van der Waals surface area contributed by atoms with Crippen molar-refractivity contribution >= 4 is 5.91 Å². The van der Waals surface area contributed by atoms with Gasteiger partial charge < -0.3 is 15.8 Å². The Morgan fingerprint density at radius 1 is 1.43 bits per heavy atom. The summed E-state index contributed by atoms with van der Waals surface area (Å²) in [5.41, 5.74) is 6.39. The molecule has 3 N–H and O–H groups in total. The van der Waals surface area contributed by atoms with E-state index in [9.17, 15) is 9.18 Å². The molecule has 4 nitrogen and oxygen atoms in total. The van der Waals surface area contributed by atoms with Gasteiger partial charge in [-0.3, -0.25) is 4.79 Å². The topological polar surface area (TPSA) is 64.3 Å². The first-order valence-electron chi connectivity index (χ1n) is 7.53. The predicted octanol–water partition coefficient (Wildman–Crippen LogP) is 2.67.